The van der Waals surface area contributed by atoms with Gasteiger partial charge in [-0.1, -0.05) is 6.07 Å². The summed E-state index contributed by atoms with van der Waals surface area (Å²) < 4.78 is 5.53. The minimum Gasteiger partial charge on any atom is -0.381 e. The number of hydrogen-bond donors (Lipinski definition) is 2. The summed E-state index contributed by atoms with van der Waals surface area (Å²) >= 11 is 0. The van der Waals surface area contributed by atoms with E-state index >= 15 is 0 Å². The van der Waals surface area contributed by atoms with Crippen LogP contribution >= 0.6 is 0 Å². The number of guanidine groups is 1. The van der Waals surface area contributed by atoms with E-state index in [1.807, 2.05) is 18.2 Å². The molecular formula is C17H29N5O. The van der Waals surface area contributed by atoms with Crippen molar-refractivity contribution >= 4 is 5.96 Å². The number of aromatic nitrogens is 1. The number of aliphatic imine (C=N–C) groups is 1. The molecule has 0 spiro atoms. The lowest BCUT2D eigenvalue weighted by Crippen LogP contribution is -2.57. The molecule has 1 aliphatic rings. The zero-order valence-electron chi connectivity index (χ0n) is 14.5. The van der Waals surface area contributed by atoms with Crippen molar-refractivity contribution in [3.8, 4) is 0 Å². The first-order valence-corrected chi connectivity index (χ1v) is 8.33. The Morgan fingerprint density at radius 1 is 1.30 bits per heavy atom. The Morgan fingerprint density at radius 2 is 2.09 bits per heavy atom. The van der Waals surface area contributed by atoms with Crippen LogP contribution in [0.5, 0.6) is 0 Å². The summed E-state index contributed by atoms with van der Waals surface area (Å²) in [5.41, 5.74) is 1.09. The summed E-state index contributed by atoms with van der Waals surface area (Å²) in [5.74, 6) is 0.839. The Bertz CT molecular complexity index is 483. The van der Waals surface area contributed by atoms with Gasteiger partial charge in [0.05, 0.1) is 12.2 Å². The number of pyridine rings is 1. The molecule has 2 rings (SSSR count). The fourth-order valence-corrected chi connectivity index (χ4v) is 2.78. The van der Waals surface area contributed by atoms with Gasteiger partial charge in [0, 0.05) is 38.0 Å². The summed E-state index contributed by atoms with van der Waals surface area (Å²) in [7, 11) is 4.29. The van der Waals surface area contributed by atoms with Crippen molar-refractivity contribution < 1.29 is 4.74 Å². The Kier molecular flexibility index (Phi) is 6.80. The van der Waals surface area contributed by atoms with Gasteiger partial charge in [-0.25, -0.2) is 4.99 Å². The highest BCUT2D eigenvalue weighted by Crippen LogP contribution is 2.24. The van der Waals surface area contributed by atoms with E-state index in [1.165, 1.54) is 0 Å². The van der Waals surface area contributed by atoms with Crippen molar-refractivity contribution in [1.82, 2.24) is 20.5 Å². The van der Waals surface area contributed by atoms with Crippen molar-refractivity contribution in [2.75, 3.05) is 40.4 Å². The van der Waals surface area contributed by atoms with Crippen LogP contribution in [0.1, 0.15) is 25.5 Å². The van der Waals surface area contributed by atoms with E-state index in [1.54, 1.807) is 6.20 Å². The van der Waals surface area contributed by atoms with Crippen LogP contribution in [0.2, 0.25) is 0 Å². The third kappa shape index (κ3) is 5.18. The molecule has 23 heavy (non-hydrogen) atoms. The predicted molar refractivity (Wildman–Crippen MR) is 93.5 cm³/mol. The summed E-state index contributed by atoms with van der Waals surface area (Å²) in [6.45, 7) is 5.99. The minimum absolute atomic E-state index is 0.124. The molecule has 6 nitrogen and oxygen atoms in total. The van der Waals surface area contributed by atoms with Crippen LogP contribution in [0.15, 0.2) is 29.4 Å². The molecule has 0 aliphatic carbocycles. The molecule has 1 aromatic rings. The standard InChI is InChI=1S/C17H29N5O/c1-4-18-16(20-13-15-7-5-6-10-19-15)21-14-17(22(2)3)8-11-23-12-9-17/h5-7,10H,4,8-9,11-14H2,1-3H3,(H2,18,20,21). The summed E-state index contributed by atoms with van der Waals surface area (Å²) in [4.78, 5) is 11.3. The first-order valence-electron chi connectivity index (χ1n) is 8.33. The summed E-state index contributed by atoms with van der Waals surface area (Å²) in [5, 5.41) is 6.81. The Balaban J connectivity index is 1.97. The highest BCUT2D eigenvalue weighted by atomic mass is 16.5. The summed E-state index contributed by atoms with van der Waals surface area (Å²) in [6, 6.07) is 5.90. The smallest absolute Gasteiger partial charge is 0.191 e. The van der Waals surface area contributed by atoms with Gasteiger partial charge < -0.3 is 20.3 Å². The lowest BCUT2D eigenvalue weighted by Gasteiger charge is -2.43. The molecule has 0 saturated carbocycles. The van der Waals surface area contributed by atoms with Gasteiger partial charge >= 0.3 is 0 Å². The number of nitrogens with zero attached hydrogens (tertiary/aromatic N) is 3. The molecule has 0 bridgehead atoms. The molecule has 6 heteroatoms. The molecule has 0 aromatic carbocycles. The lowest BCUT2D eigenvalue weighted by molar-refractivity contribution is -0.00501. The quantitative estimate of drug-likeness (QED) is 0.610. The fraction of sp³-hybridized carbons (Fsp3) is 0.647. The average Bonchev–Trinajstić information content (AvgIpc) is 2.59. The maximum absolute atomic E-state index is 5.53. The van der Waals surface area contributed by atoms with E-state index in [0.717, 1.165) is 50.8 Å². The van der Waals surface area contributed by atoms with Crippen molar-refractivity contribution in [3.05, 3.63) is 30.1 Å². The van der Waals surface area contributed by atoms with Crippen LogP contribution in [0, 0.1) is 0 Å². The molecule has 2 heterocycles. The zero-order chi connectivity index (χ0) is 16.5. The van der Waals surface area contributed by atoms with Gasteiger partial charge in [-0.3, -0.25) is 4.98 Å². The molecule has 1 aliphatic heterocycles. The first kappa shape index (κ1) is 17.7. The second-order valence-electron chi connectivity index (χ2n) is 6.10. The van der Waals surface area contributed by atoms with Gasteiger partial charge in [0.25, 0.3) is 0 Å². The molecule has 0 unspecified atom stereocenters. The third-order valence-electron chi connectivity index (χ3n) is 4.43. The Hall–Kier alpha value is -1.66. The number of hydrogen-bond acceptors (Lipinski definition) is 4. The molecule has 1 aromatic heterocycles. The van der Waals surface area contributed by atoms with Gasteiger partial charge in [0.15, 0.2) is 5.96 Å². The topological polar surface area (TPSA) is 61.8 Å². The van der Waals surface area contributed by atoms with Crippen LogP contribution in [-0.4, -0.2) is 61.8 Å². The second-order valence-corrected chi connectivity index (χ2v) is 6.10. The van der Waals surface area contributed by atoms with E-state index in [4.69, 9.17) is 4.74 Å². The Labute approximate surface area is 139 Å². The van der Waals surface area contributed by atoms with E-state index in [9.17, 15) is 0 Å². The van der Waals surface area contributed by atoms with E-state index in [0.29, 0.717) is 6.54 Å². The monoisotopic (exact) mass is 319 g/mol. The van der Waals surface area contributed by atoms with Crippen LogP contribution in [0.3, 0.4) is 0 Å². The SMILES string of the molecule is CCNC(=NCc1ccccn1)NCC1(N(C)C)CCOCC1. The highest BCUT2D eigenvalue weighted by Gasteiger charge is 2.34. The molecule has 0 amide bonds. The molecule has 0 atom stereocenters. The predicted octanol–water partition coefficient (Wildman–Crippen LogP) is 1.25. The fourth-order valence-electron chi connectivity index (χ4n) is 2.78. The van der Waals surface area contributed by atoms with Crippen molar-refractivity contribution in [1.29, 1.82) is 0 Å². The molecule has 128 valence electrons. The zero-order valence-corrected chi connectivity index (χ0v) is 14.5. The second kappa shape index (κ2) is 8.84. The van der Waals surface area contributed by atoms with Gasteiger partial charge in [-0.15, -0.1) is 0 Å². The molecule has 1 saturated heterocycles. The molecule has 2 N–H and O–H groups in total. The van der Waals surface area contributed by atoms with Gasteiger partial charge in [-0.2, -0.15) is 0 Å². The van der Waals surface area contributed by atoms with Gasteiger partial charge in [-0.05, 0) is 46.0 Å². The van der Waals surface area contributed by atoms with Crippen LogP contribution < -0.4 is 10.6 Å². The maximum Gasteiger partial charge on any atom is 0.191 e. The Morgan fingerprint density at radius 3 is 2.70 bits per heavy atom. The van der Waals surface area contributed by atoms with Crippen LogP contribution in [-0.2, 0) is 11.3 Å². The van der Waals surface area contributed by atoms with Crippen molar-refractivity contribution in [3.63, 3.8) is 0 Å². The number of nitrogens with one attached hydrogen (secondary N) is 2. The maximum atomic E-state index is 5.53. The molecule has 0 radical (unpaired) electrons. The van der Waals surface area contributed by atoms with Crippen LogP contribution in [0.4, 0.5) is 0 Å². The van der Waals surface area contributed by atoms with Crippen LogP contribution in [0.25, 0.3) is 0 Å². The van der Waals surface area contributed by atoms with E-state index in [2.05, 4.69) is 46.5 Å². The normalized spacial score (nSPS) is 18.0. The number of likely N-dealkylation sites (N-methyl/N-ethyl adjacent to an activating group) is 1. The number of ether oxygens (including phenoxy) is 1. The van der Waals surface area contributed by atoms with E-state index in [-0.39, 0.29) is 5.54 Å². The number of rotatable bonds is 6. The van der Waals surface area contributed by atoms with Crippen molar-refractivity contribution in [2.45, 2.75) is 31.8 Å². The average molecular weight is 319 g/mol. The molecular weight excluding hydrogens is 290 g/mol. The summed E-state index contributed by atoms with van der Waals surface area (Å²) in [6.07, 6.45) is 3.87. The lowest BCUT2D eigenvalue weighted by atomic mass is 9.88. The van der Waals surface area contributed by atoms with E-state index < -0.39 is 0 Å². The first-order chi connectivity index (χ1) is 11.2. The minimum atomic E-state index is 0.124. The largest absolute Gasteiger partial charge is 0.381 e. The van der Waals surface area contributed by atoms with Crippen molar-refractivity contribution in [2.24, 2.45) is 4.99 Å². The van der Waals surface area contributed by atoms with Gasteiger partial charge in [0.1, 0.15) is 0 Å². The van der Waals surface area contributed by atoms with Gasteiger partial charge in [0.2, 0.25) is 0 Å². The third-order valence-corrected chi connectivity index (χ3v) is 4.43. The highest BCUT2D eigenvalue weighted by molar-refractivity contribution is 5.79. The molecule has 1 fully saturated rings.